The molecule has 37 heavy (non-hydrogen) atoms. The molecule has 0 saturated carbocycles. The maximum atomic E-state index is 13.8. The number of terminal acetylenes is 1. The van der Waals surface area contributed by atoms with Gasteiger partial charge in [-0.05, 0) is 57.9 Å². The molecular weight excluding hydrogens is 472 g/mol. The minimum atomic E-state index is -1.36. The molecule has 0 fully saturated rings. The molecule has 0 saturated heterocycles. The number of hydrogen-bond acceptors (Lipinski definition) is 5. The molecule has 9 nitrogen and oxygen atoms in total. The molecule has 196 valence electrons. The highest BCUT2D eigenvalue weighted by molar-refractivity contribution is 6.00. The molecule has 0 aliphatic carbocycles. The molecule has 0 spiro atoms. The van der Waals surface area contributed by atoms with Gasteiger partial charge in [-0.2, -0.15) is 0 Å². The number of rotatable bonds is 9. The number of nitrogens with two attached hydrogens (primary N) is 1. The molecule has 2 rings (SSSR count). The number of para-hydroxylation sites is 1. The Morgan fingerprint density at radius 1 is 1.08 bits per heavy atom. The monoisotopic (exact) mass is 506 g/mol. The van der Waals surface area contributed by atoms with Gasteiger partial charge >= 0.3 is 6.09 Å². The van der Waals surface area contributed by atoms with Crippen molar-refractivity contribution in [3.63, 3.8) is 0 Å². The Hall–Kier alpha value is -4.32. The van der Waals surface area contributed by atoms with Gasteiger partial charge in [-0.15, -0.1) is 6.42 Å². The number of hydrogen-bond donors (Lipinski definition) is 3. The molecular formula is C28H34N4O5. The number of benzene rings is 2. The highest BCUT2D eigenvalue weighted by atomic mass is 16.6. The summed E-state index contributed by atoms with van der Waals surface area (Å²) in [6.07, 6.45) is 4.33. The summed E-state index contributed by atoms with van der Waals surface area (Å²) >= 11 is 0. The Morgan fingerprint density at radius 2 is 1.70 bits per heavy atom. The van der Waals surface area contributed by atoms with Crippen LogP contribution in [0.4, 0.5) is 10.5 Å². The third-order valence-electron chi connectivity index (χ3n) is 5.39. The molecule has 0 aliphatic heterocycles. The minimum absolute atomic E-state index is 0.0643. The molecule has 2 unspecified atom stereocenters. The van der Waals surface area contributed by atoms with Crippen LogP contribution in [0.2, 0.25) is 0 Å². The van der Waals surface area contributed by atoms with Gasteiger partial charge in [0.1, 0.15) is 17.7 Å². The van der Waals surface area contributed by atoms with Crippen molar-refractivity contribution in [1.29, 1.82) is 0 Å². The Balaban J connectivity index is 2.53. The van der Waals surface area contributed by atoms with Gasteiger partial charge < -0.3 is 26.0 Å². The quantitative estimate of drug-likeness (QED) is 0.449. The van der Waals surface area contributed by atoms with E-state index >= 15 is 0 Å². The van der Waals surface area contributed by atoms with Crippen molar-refractivity contribution in [3.05, 3.63) is 65.2 Å². The number of nitrogens with one attached hydrogen (secondary N) is 2. The number of anilines is 1. The first-order chi connectivity index (χ1) is 17.4. The lowest BCUT2D eigenvalue weighted by molar-refractivity contribution is -0.141. The Bertz CT molecular complexity index is 1200. The number of primary amides is 1. The molecule has 2 aromatic carbocycles. The Labute approximate surface area is 217 Å². The highest BCUT2D eigenvalue weighted by Crippen LogP contribution is 2.28. The molecule has 2 atom stereocenters. The summed E-state index contributed by atoms with van der Waals surface area (Å²) in [5, 5.41) is 5.30. The van der Waals surface area contributed by atoms with Crippen molar-refractivity contribution >= 4 is 29.5 Å². The van der Waals surface area contributed by atoms with E-state index in [0.717, 1.165) is 5.56 Å². The maximum absolute atomic E-state index is 13.8. The smallest absolute Gasteiger partial charge is 0.408 e. The lowest BCUT2D eigenvalue weighted by atomic mass is 9.97. The first kappa shape index (κ1) is 28.9. The van der Waals surface area contributed by atoms with Crippen molar-refractivity contribution in [2.75, 3.05) is 11.9 Å². The number of ether oxygens (including phenoxy) is 1. The molecule has 9 heteroatoms. The van der Waals surface area contributed by atoms with Crippen molar-refractivity contribution in [2.45, 2.75) is 58.7 Å². The van der Waals surface area contributed by atoms with E-state index in [1.807, 2.05) is 19.1 Å². The third kappa shape index (κ3) is 8.10. The summed E-state index contributed by atoms with van der Waals surface area (Å²) in [5.41, 5.74) is 6.78. The van der Waals surface area contributed by atoms with E-state index in [2.05, 4.69) is 16.6 Å². The van der Waals surface area contributed by atoms with E-state index in [-0.39, 0.29) is 6.54 Å². The van der Waals surface area contributed by atoms with E-state index in [4.69, 9.17) is 16.9 Å². The summed E-state index contributed by atoms with van der Waals surface area (Å²) in [6.45, 7) is 8.58. The van der Waals surface area contributed by atoms with Crippen LogP contribution >= 0.6 is 0 Å². The molecule has 0 radical (unpaired) electrons. The SMILES string of the molecule is C#Cc1ccccc1C(C(=O)Nc1ccccc1C)N(CC)C(=O)C(CC(N)=O)NC(=O)OC(C)(C)C. The Morgan fingerprint density at radius 3 is 2.27 bits per heavy atom. The van der Waals surface area contributed by atoms with Crippen LogP contribution in [0.15, 0.2) is 48.5 Å². The number of alkyl carbamates (subject to hydrolysis) is 1. The first-order valence-electron chi connectivity index (χ1n) is 11.9. The summed E-state index contributed by atoms with van der Waals surface area (Å²) in [6, 6.07) is 11.5. The number of amides is 4. The third-order valence-corrected chi connectivity index (χ3v) is 5.39. The lowest BCUT2D eigenvalue weighted by Gasteiger charge is -2.34. The van der Waals surface area contributed by atoms with Crippen LogP contribution < -0.4 is 16.4 Å². The highest BCUT2D eigenvalue weighted by Gasteiger charge is 2.37. The first-order valence-corrected chi connectivity index (χ1v) is 11.9. The summed E-state index contributed by atoms with van der Waals surface area (Å²) in [4.78, 5) is 53.0. The van der Waals surface area contributed by atoms with Crippen LogP contribution in [0.5, 0.6) is 0 Å². The van der Waals surface area contributed by atoms with Gasteiger partial charge in [0, 0.05) is 17.8 Å². The second kappa shape index (κ2) is 12.6. The van der Waals surface area contributed by atoms with Gasteiger partial charge in [0.05, 0.1) is 6.42 Å². The van der Waals surface area contributed by atoms with Crippen molar-refractivity contribution in [3.8, 4) is 12.3 Å². The average Bonchev–Trinajstić information content (AvgIpc) is 2.81. The van der Waals surface area contributed by atoms with E-state index in [1.54, 1.807) is 64.1 Å². The predicted octanol–water partition coefficient (Wildman–Crippen LogP) is 3.27. The van der Waals surface area contributed by atoms with Gasteiger partial charge in [-0.3, -0.25) is 14.4 Å². The topological polar surface area (TPSA) is 131 Å². The largest absolute Gasteiger partial charge is 0.444 e. The molecule has 0 bridgehead atoms. The van der Waals surface area contributed by atoms with Gasteiger partial charge in [0.25, 0.3) is 5.91 Å². The van der Waals surface area contributed by atoms with E-state index < -0.39 is 47.9 Å². The van der Waals surface area contributed by atoms with Gasteiger partial charge in [0.15, 0.2) is 0 Å². The van der Waals surface area contributed by atoms with Crippen LogP contribution in [0.25, 0.3) is 0 Å². The molecule has 2 aromatic rings. The summed E-state index contributed by atoms with van der Waals surface area (Å²) in [7, 11) is 0. The number of carbonyl (C=O) groups excluding carboxylic acids is 4. The molecule has 4 N–H and O–H groups in total. The minimum Gasteiger partial charge on any atom is -0.444 e. The molecule has 0 heterocycles. The van der Waals surface area contributed by atoms with Gasteiger partial charge in [0.2, 0.25) is 11.8 Å². The summed E-state index contributed by atoms with van der Waals surface area (Å²) < 4.78 is 5.26. The van der Waals surface area contributed by atoms with Crippen molar-refractivity contribution < 1.29 is 23.9 Å². The summed E-state index contributed by atoms with van der Waals surface area (Å²) in [5.74, 6) is 0.549. The zero-order valence-corrected chi connectivity index (χ0v) is 21.8. The maximum Gasteiger partial charge on any atom is 0.408 e. The van der Waals surface area contributed by atoms with Crippen LogP contribution in [0, 0.1) is 19.3 Å². The number of nitrogens with zero attached hydrogens (tertiary/aromatic N) is 1. The number of carbonyl (C=O) groups is 4. The van der Waals surface area contributed by atoms with Crippen molar-refractivity contribution in [2.24, 2.45) is 5.73 Å². The second-order valence-electron chi connectivity index (χ2n) is 9.43. The van der Waals surface area contributed by atoms with Crippen LogP contribution in [0.3, 0.4) is 0 Å². The van der Waals surface area contributed by atoms with E-state index in [1.165, 1.54) is 4.90 Å². The second-order valence-corrected chi connectivity index (χ2v) is 9.43. The zero-order valence-electron chi connectivity index (χ0n) is 21.8. The standard InChI is InChI=1S/C28H34N4O5/c1-7-19-14-10-11-15-20(19)24(25(34)30-21-16-12-9-13-18(21)3)32(8-2)26(35)22(17-23(29)33)31-27(36)37-28(4,5)6/h1,9-16,22,24H,8,17H2,2-6H3,(H2,29,33)(H,30,34)(H,31,36). The number of likely N-dealkylation sites (N-methyl/N-ethyl adjacent to an activating group) is 1. The molecule has 4 amide bonds. The lowest BCUT2D eigenvalue weighted by Crippen LogP contribution is -2.53. The fraction of sp³-hybridized carbons (Fsp3) is 0.357. The van der Waals surface area contributed by atoms with Gasteiger partial charge in [-0.25, -0.2) is 4.79 Å². The molecule has 0 aliphatic rings. The van der Waals surface area contributed by atoms with Crippen LogP contribution in [-0.2, 0) is 19.1 Å². The van der Waals surface area contributed by atoms with Crippen LogP contribution in [-0.4, -0.2) is 46.9 Å². The average molecular weight is 507 g/mol. The van der Waals surface area contributed by atoms with Crippen LogP contribution in [0.1, 0.15) is 56.8 Å². The Kier molecular flexibility index (Phi) is 9.83. The van der Waals surface area contributed by atoms with Crippen molar-refractivity contribution in [1.82, 2.24) is 10.2 Å². The predicted molar refractivity (Wildman–Crippen MR) is 141 cm³/mol. The zero-order chi connectivity index (χ0) is 27.8. The number of aryl methyl sites for hydroxylation is 1. The van der Waals surface area contributed by atoms with Gasteiger partial charge in [-0.1, -0.05) is 42.3 Å². The normalized spacial score (nSPS) is 12.4. The fourth-order valence-corrected chi connectivity index (χ4v) is 3.75. The fourth-order valence-electron chi connectivity index (χ4n) is 3.75. The van der Waals surface area contributed by atoms with E-state index in [9.17, 15) is 19.2 Å². The van der Waals surface area contributed by atoms with E-state index in [0.29, 0.717) is 16.8 Å². The molecule has 0 aromatic heterocycles.